The van der Waals surface area contributed by atoms with Crippen LogP contribution in [0, 0.1) is 0 Å². The van der Waals surface area contributed by atoms with Crippen LogP contribution in [0.15, 0.2) is 191 Å². The van der Waals surface area contributed by atoms with Gasteiger partial charge in [0.15, 0.2) is 0 Å². The zero-order valence-electron chi connectivity index (χ0n) is 32.6. The van der Waals surface area contributed by atoms with Crippen LogP contribution in [0.2, 0.25) is 0 Å². The molecule has 2 heteroatoms. The Morgan fingerprint density at radius 2 is 0.729 bits per heavy atom. The first-order valence-electron chi connectivity index (χ1n) is 20.5. The van der Waals surface area contributed by atoms with E-state index in [-0.39, 0.29) is 5.41 Å². The molecule has 0 bridgehead atoms. The molecule has 12 aromatic rings. The van der Waals surface area contributed by atoms with Crippen molar-refractivity contribution < 1.29 is 8.83 Å². The molecule has 2 nitrogen and oxygen atoms in total. The van der Waals surface area contributed by atoms with Crippen LogP contribution in [0.4, 0.5) is 0 Å². The van der Waals surface area contributed by atoms with Crippen LogP contribution in [0.25, 0.3) is 121 Å². The van der Waals surface area contributed by atoms with Crippen molar-refractivity contribution in [1.82, 2.24) is 0 Å². The summed E-state index contributed by atoms with van der Waals surface area (Å²) in [6.45, 7) is 4.76. The maximum absolute atomic E-state index is 6.71. The Bertz CT molecular complexity index is 3610. The molecule has 0 unspecified atom stereocenters. The number of rotatable bonds is 3. The molecule has 59 heavy (non-hydrogen) atoms. The normalized spacial score (nSPS) is 13.4. The van der Waals surface area contributed by atoms with Crippen LogP contribution in [0.3, 0.4) is 0 Å². The second kappa shape index (κ2) is 11.8. The quantitative estimate of drug-likeness (QED) is 0.168. The molecule has 0 saturated heterocycles. The molecule has 2 aromatic heterocycles. The highest BCUT2D eigenvalue weighted by Gasteiger charge is 2.37. The predicted octanol–water partition coefficient (Wildman–Crippen LogP) is 16.3. The van der Waals surface area contributed by atoms with Crippen molar-refractivity contribution in [3.63, 3.8) is 0 Å². The molecule has 0 amide bonds. The summed E-state index contributed by atoms with van der Waals surface area (Å²) < 4.78 is 13.4. The molecule has 0 aliphatic heterocycles. The molecule has 10 aromatic carbocycles. The van der Waals surface area contributed by atoms with Crippen molar-refractivity contribution in [2.45, 2.75) is 19.3 Å². The number of benzene rings is 10. The van der Waals surface area contributed by atoms with Gasteiger partial charge in [0.2, 0.25) is 0 Å². The van der Waals surface area contributed by atoms with Crippen LogP contribution in [-0.2, 0) is 5.41 Å². The Balaban J connectivity index is 1.00. The van der Waals surface area contributed by atoms with E-state index in [9.17, 15) is 0 Å². The molecule has 0 radical (unpaired) electrons. The monoisotopic (exact) mass is 752 g/mol. The van der Waals surface area contributed by atoms with Gasteiger partial charge in [0.05, 0.1) is 5.56 Å². The summed E-state index contributed by atoms with van der Waals surface area (Å²) >= 11 is 0. The first-order valence-corrected chi connectivity index (χ1v) is 20.5. The highest BCUT2D eigenvalue weighted by molar-refractivity contribution is 6.23. The minimum Gasteiger partial charge on any atom is -0.455 e. The van der Waals surface area contributed by atoms with Gasteiger partial charge in [-0.2, -0.15) is 0 Å². The molecule has 2 heterocycles. The summed E-state index contributed by atoms with van der Waals surface area (Å²) in [4.78, 5) is 0. The van der Waals surface area contributed by atoms with Crippen molar-refractivity contribution >= 4 is 76.2 Å². The highest BCUT2D eigenvalue weighted by atomic mass is 16.3. The van der Waals surface area contributed by atoms with E-state index >= 15 is 0 Å². The van der Waals surface area contributed by atoms with Crippen LogP contribution in [0.1, 0.15) is 25.0 Å². The maximum Gasteiger partial charge on any atom is 0.147 e. The largest absolute Gasteiger partial charge is 0.455 e. The molecular formula is C57H36O2. The van der Waals surface area contributed by atoms with Crippen molar-refractivity contribution in [3.05, 3.63) is 193 Å². The van der Waals surface area contributed by atoms with Crippen LogP contribution in [0.5, 0.6) is 0 Å². The third kappa shape index (κ3) is 4.52. The van der Waals surface area contributed by atoms with Gasteiger partial charge >= 0.3 is 0 Å². The minimum atomic E-state index is -0.262. The number of hydrogen-bond acceptors (Lipinski definition) is 2. The predicted molar refractivity (Wildman–Crippen MR) is 247 cm³/mol. The smallest absolute Gasteiger partial charge is 0.147 e. The molecule has 0 spiro atoms. The van der Waals surface area contributed by atoms with E-state index in [0.29, 0.717) is 0 Å². The van der Waals surface area contributed by atoms with Crippen molar-refractivity contribution in [1.29, 1.82) is 0 Å². The molecule has 0 saturated carbocycles. The first kappa shape index (κ1) is 32.6. The number of hydrogen-bond donors (Lipinski definition) is 0. The fraction of sp³-hybridized carbons (Fsp3) is 0.0526. The van der Waals surface area contributed by atoms with E-state index in [1.807, 2.05) is 12.1 Å². The summed E-state index contributed by atoms with van der Waals surface area (Å²) in [5, 5.41) is 12.0. The standard InChI is InChI=1S/C57H36O2/c1-57(2)48-30-36(53-44-19-7-5-17-42(44)52(43-18-6-8-20-45(43)53)35-24-23-33-13-3-4-14-34(33)29-35)25-27-38(48)39-28-26-37(31-49(39)57)54-55-46(40-15-9-11-21-50(40)58-55)32-47-41-16-10-12-22-51(41)59-56(47)54/h3-32H,1-2H3. The van der Waals surface area contributed by atoms with E-state index in [1.165, 1.54) is 76.8 Å². The summed E-state index contributed by atoms with van der Waals surface area (Å²) in [7, 11) is 0. The fourth-order valence-corrected chi connectivity index (χ4v) is 10.4. The SMILES string of the molecule is CC1(C)c2cc(-c3c4ccccc4c(-c4ccc5ccccc5c4)c4ccccc34)ccc2-c2ccc(-c3c4oc5ccccc5c4cc4c3oc3ccccc34)cc21. The highest BCUT2D eigenvalue weighted by Crippen LogP contribution is 2.53. The first-order chi connectivity index (χ1) is 29.0. The fourth-order valence-electron chi connectivity index (χ4n) is 10.4. The van der Waals surface area contributed by atoms with Crippen LogP contribution >= 0.6 is 0 Å². The lowest BCUT2D eigenvalue weighted by Crippen LogP contribution is -2.15. The summed E-state index contributed by atoms with van der Waals surface area (Å²) in [5.41, 5.74) is 15.6. The van der Waals surface area contributed by atoms with Crippen LogP contribution < -0.4 is 0 Å². The van der Waals surface area contributed by atoms with E-state index in [4.69, 9.17) is 8.83 Å². The average molecular weight is 753 g/mol. The molecular weight excluding hydrogens is 717 g/mol. The van der Waals surface area contributed by atoms with Gasteiger partial charge in [-0.15, -0.1) is 0 Å². The lowest BCUT2D eigenvalue weighted by molar-refractivity contribution is 0.656. The van der Waals surface area contributed by atoms with Gasteiger partial charge in [-0.1, -0.05) is 159 Å². The van der Waals surface area contributed by atoms with Crippen molar-refractivity contribution in [3.8, 4) is 44.5 Å². The van der Waals surface area contributed by atoms with E-state index in [2.05, 4.69) is 184 Å². The number of para-hydroxylation sites is 2. The van der Waals surface area contributed by atoms with Gasteiger partial charge in [-0.25, -0.2) is 0 Å². The molecule has 1 aliphatic carbocycles. The Morgan fingerprint density at radius 3 is 1.25 bits per heavy atom. The summed E-state index contributed by atoms with van der Waals surface area (Å²) in [6.07, 6.45) is 0. The number of fused-ring (bicyclic) bond motifs is 12. The lowest BCUT2D eigenvalue weighted by atomic mass is 9.80. The molecule has 13 rings (SSSR count). The van der Waals surface area contributed by atoms with Crippen molar-refractivity contribution in [2.24, 2.45) is 0 Å². The van der Waals surface area contributed by atoms with E-state index in [1.54, 1.807) is 0 Å². The Kier molecular flexibility index (Phi) is 6.54. The Hall–Kier alpha value is -7.42. The number of furan rings is 2. The molecule has 0 N–H and O–H groups in total. The van der Waals surface area contributed by atoms with E-state index in [0.717, 1.165) is 55.0 Å². The lowest BCUT2D eigenvalue weighted by Gasteiger charge is -2.23. The second-order valence-electron chi connectivity index (χ2n) is 16.8. The Morgan fingerprint density at radius 1 is 0.322 bits per heavy atom. The average Bonchev–Trinajstić information content (AvgIpc) is 3.91. The molecule has 0 atom stereocenters. The zero-order valence-corrected chi connectivity index (χ0v) is 32.6. The summed E-state index contributed by atoms with van der Waals surface area (Å²) in [6, 6.07) is 66.5. The van der Waals surface area contributed by atoms with E-state index < -0.39 is 0 Å². The van der Waals surface area contributed by atoms with Crippen LogP contribution in [-0.4, -0.2) is 0 Å². The minimum absolute atomic E-state index is 0.262. The maximum atomic E-state index is 6.71. The Labute approximate surface area is 340 Å². The van der Waals surface area contributed by atoms with Gasteiger partial charge in [0.1, 0.15) is 22.3 Å². The van der Waals surface area contributed by atoms with Gasteiger partial charge in [-0.05, 0) is 119 Å². The van der Waals surface area contributed by atoms with Gasteiger partial charge in [0.25, 0.3) is 0 Å². The molecule has 1 aliphatic rings. The molecule has 0 fully saturated rings. The summed E-state index contributed by atoms with van der Waals surface area (Å²) in [5.74, 6) is 0. The third-order valence-electron chi connectivity index (χ3n) is 13.2. The van der Waals surface area contributed by atoms with Crippen molar-refractivity contribution in [2.75, 3.05) is 0 Å². The molecule has 276 valence electrons. The third-order valence-corrected chi connectivity index (χ3v) is 13.2. The topological polar surface area (TPSA) is 26.3 Å². The zero-order chi connectivity index (χ0) is 39.0. The van der Waals surface area contributed by atoms with Gasteiger partial charge in [-0.3, -0.25) is 0 Å². The van der Waals surface area contributed by atoms with Gasteiger partial charge < -0.3 is 8.83 Å². The van der Waals surface area contributed by atoms with Gasteiger partial charge in [0, 0.05) is 27.0 Å². The second-order valence-corrected chi connectivity index (χ2v) is 16.8.